The molecule has 2 aliphatic heterocycles. The lowest BCUT2D eigenvalue weighted by Crippen LogP contribution is -2.45. The number of nitrogens with one attached hydrogen (secondary N) is 1. The van der Waals surface area contributed by atoms with Crippen molar-refractivity contribution in [3.8, 4) is 0 Å². The van der Waals surface area contributed by atoms with Crippen molar-refractivity contribution in [1.82, 2.24) is 15.1 Å². The maximum Gasteiger partial charge on any atom is 0.224 e. The van der Waals surface area contributed by atoms with Crippen LogP contribution >= 0.6 is 24.8 Å². The molecule has 0 bridgehead atoms. The standard InChI is InChI=1S/C20H31N3O2.2ClH/c24-20(16-19-17-25-15-9-21-19)23-12-5-11-22(13-14-23)10-4-8-18-6-2-1-3-7-18;;/h1-3,6-7,19,21H,4-5,8-17H2;2*1H. The molecule has 0 aliphatic carbocycles. The van der Waals surface area contributed by atoms with Crippen molar-refractivity contribution in [2.75, 3.05) is 52.5 Å². The van der Waals surface area contributed by atoms with E-state index < -0.39 is 0 Å². The monoisotopic (exact) mass is 417 g/mol. The van der Waals surface area contributed by atoms with Gasteiger partial charge >= 0.3 is 0 Å². The van der Waals surface area contributed by atoms with Gasteiger partial charge in [-0.15, -0.1) is 24.8 Å². The highest BCUT2D eigenvalue weighted by atomic mass is 35.5. The van der Waals surface area contributed by atoms with Gasteiger partial charge in [0.05, 0.1) is 13.2 Å². The lowest BCUT2D eigenvalue weighted by atomic mass is 10.1. The highest BCUT2D eigenvalue weighted by Gasteiger charge is 2.23. The molecule has 2 aliphatic rings. The first-order valence-corrected chi connectivity index (χ1v) is 9.66. The number of carbonyl (C=O) groups is 1. The average molecular weight is 418 g/mol. The van der Waals surface area contributed by atoms with Crippen molar-refractivity contribution in [1.29, 1.82) is 0 Å². The fraction of sp³-hybridized carbons (Fsp3) is 0.650. The minimum absolute atomic E-state index is 0. The molecule has 0 spiro atoms. The van der Waals surface area contributed by atoms with E-state index in [-0.39, 0.29) is 36.8 Å². The van der Waals surface area contributed by atoms with Crippen LogP contribution in [0.15, 0.2) is 30.3 Å². The Morgan fingerprint density at radius 2 is 1.93 bits per heavy atom. The normalized spacial score (nSPS) is 20.9. The zero-order valence-corrected chi connectivity index (χ0v) is 17.6. The van der Waals surface area contributed by atoms with Crippen LogP contribution in [0.25, 0.3) is 0 Å². The van der Waals surface area contributed by atoms with Gasteiger partial charge in [0.2, 0.25) is 5.91 Å². The molecular weight excluding hydrogens is 385 g/mol. The summed E-state index contributed by atoms with van der Waals surface area (Å²) in [5.41, 5.74) is 1.41. The zero-order chi connectivity index (χ0) is 17.3. The van der Waals surface area contributed by atoms with E-state index in [4.69, 9.17) is 4.74 Å². The molecule has 2 heterocycles. The maximum atomic E-state index is 12.5. The number of carbonyl (C=O) groups excluding carboxylic acids is 1. The predicted molar refractivity (Wildman–Crippen MR) is 114 cm³/mol. The molecule has 1 aromatic carbocycles. The topological polar surface area (TPSA) is 44.8 Å². The Kier molecular flexibility index (Phi) is 12.0. The number of ether oxygens (including phenoxy) is 1. The van der Waals surface area contributed by atoms with Crippen molar-refractivity contribution >= 4 is 30.7 Å². The van der Waals surface area contributed by atoms with Gasteiger partial charge in [0.25, 0.3) is 0 Å². The van der Waals surface area contributed by atoms with Crippen molar-refractivity contribution in [2.24, 2.45) is 0 Å². The molecule has 0 aromatic heterocycles. The molecule has 1 amide bonds. The van der Waals surface area contributed by atoms with Crippen LogP contribution in [0.2, 0.25) is 0 Å². The van der Waals surface area contributed by atoms with E-state index in [1.54, 1.807) is 0 Å². The van der Waals surface area contributed by atoms with Gasteiger partial charge in [0.1, 0.15) is 0 Å². The highest BCUT2D eigenvalue weighted by molar-refractivity contribution is 5.85. The quantitative estimate of drug-likeness (QED) is 0.771. The SMILES string of the molecule is Cl.Cl.O=C(CC1COCCN1)N1CCCN(CCCc2ccccc2)CC1. The first-order chi connectivity index (χ1) is 12.3. The van der Waals surface area contributed by atoms with Crippen molar-refractivity contribution in [3.63, 3.8) is 0 Å². The zero-order valence-electron chi connectivity index (χ0n) is 16.0. The summed E-state index contributed by atoms with van der Waals surface area (Å²) in [5.74, 6) is 0.272. The van der Waals surface area contributed by atoms with Gasteiger partial charge in [-0.1, -0.05) is 30.3 Å². The number of hydrogen-bond donors (Lipinski definition) is 1. The van der Waals surface area contributed by atoms with Crippen LogP contribution in [0.1, 0.15) is 24.8 Å². The van der Waals surface area contributed by atoms with E-state index >= 15 is 0 Å². The van der Waals surface area contributed by atoms with Crippen LogP contribution in [0, 0.1) is 0 Å². The molecule has 7 heteroatoms. The van der Waals surface area contributed by atoms with Gasteiger partial charge < -0.3 is 19.9 Å². The van der Waals surface area contributed by atoms with Gasteiger partial charge in [-0.25, -0.2) is 0 Å². The third kappa shape index (κ3) is 8.36. The molecule has 1 aromatic rings. The Bertz CT molecular complexity index is 527. The van der Waals surface area contributed by atoms with Crippen LogP contribution < -0.4 is 5.32 Å². The third-order valence-electron chi connectivity index (χ3n) is 5.14. The second-order valence-electron chi connectivity index (χ2n) is 7.10. The number of halogens is 2. The Morgan fingerprint density at radius 3 is 2.67 bits per heavy atom. The third-order valence-corrected chi connectivity index (χ3v) is 5.14. The summed E-state index contributed by atoms with van der Waals surface area (Å²) < 4.78 is 5.45. The minimum atomic E-state index is 0. The maximum absolute atomic E-state index is 12.5. The smallest absolute Gasteiger partial charge is 0.224 e. The van der Waals surface area contributed by atoms with Crippen molar-refractivity contribution in [2.45, 2.75) is 31.7 Å². The highest BCUT2D eigenvalue weighted by Crippen LogP contribution is 2.09. The molecule has 2 saturated heterocycles. The van der Waals surface area contributed by atoms with Crippen LogP contribution in [0.5, 0.6) is 0 Å². The fourth-order valence-corrected chi connectivity index (χ4v) is 3.69. The number of rotatable bonds is 6. The Hall–Kier alpha value is -0.850. The van der Waals surface area contributed by atoms with Crippen LogP contribution in [0.3, 0.4) is 0 Å². The Labute approximate surface area is 175 Å². The van der Waals surface area contributed by atoms with Crippen LogP contribution in [-0.2, 0) is 16.0 Å². The summed E-state index contributed by atoms with van der Waals surface area (Å²) in [6.07, 6.45) is 3.95. The van der Waals surface area contributed by atoms with E-state index in [1.807, 2.05) is 4.90 Å². The molecular formula is C20H33Cl2N3O2. The van der Waals surface area contributed by atoms with Crippen molar-refractivity contribution in [3.05, 3.63) is 35.9 Å². The molecule has 154 valence electrons. The van der Waals surface area contributed by atoms with Gasteiger partial charge in [0, 0.05) is 38.6 Å². The molecule has 1 atom stereocenters. The van der Waals surface area contributed by atoms with Gasteiger partial charge in [-0.3, -0.25) is 4.79 Å². The molecule has 3 rings (SSSR count). The average Bonchev–Trinajstić information content (AvgIpc) is 2.89. The first-order valence-electron chi connectivity index (χ1n) is 9.66. The Morgan fingerprint density at radius 1 is 1.11 bits per heavy atom. The van der Waals surface area contributed by atoms with E-state index in [0.29, 0.717) is 13.0 Å². The predicted octanol–water partition coefficient (Wildman–Crippen LogP) is 2.38. The molecule has 1 unspecified atom stereocenters. The molecule has 0 radical (unpaired) electrons. The van der Waals surface area contributed by atoms with Gasteiger partial charge in [-0.05, 0) is 37.9 Å². The first kappa shape index (κ1) is 24.2. The van der Waals surface area contributed by atoms with Gasteiger partial charge in [0.15, 0.2) is 0 Å². The van der Waals surface area contributed by atoms with E-state index in [1.165, 1.54) is 12.0 Å². The summed E-state index contributed by atoms with van der Waals surface area (Å²) in [6.45, 7) is 7.23. The molecule has 0 saturated carbocycles. The lowest BCUT2D eigenvalue weighted by molar-refractivity contribution is -0.132. The number of morpholine rings is 1. The largest absolute Gasteiger partial charge is 0.378 e. The molecule has 1 N–H and O–H groups in total. The summed E-state index contributed by atoms with van der Waals surface area (Å²) in [7, 11) is 0. The van der Waals surface area contributed by atoms with E-state index in [0.717, 1.165) is 58.7 Å². The number of nitrogens with zero attached hydrogens (tertiary/aromatic N) is 2. The van der Waals surface area contributed by atoms with Crippen molar-refractivity contribution < 1.29 is 9.53 Å². The molecule has 5 nitrogen and oxygen atoms in total. The Balaban J connectivity index is 0.00000182. The van der Waals surface area contributed by atoms with Crippen LogP contribution in [-0.4, -0.2) is 74.2 Å². The minimum Gasteiger partial charge on any atom is -0.378 e. The second kappa shape index (κ2) is 13.3. The second-order valence-corrected chi connectivity index (χ2v) is 7.10. The summed E-state index contributed by atoms with van der Waals surface area (Å²) in [4.78, 5) is 17.1. The lowest BCUT2D eigenvalue weighted by Gasteiger charge is -2.27. The van der Waals surface area contributed by atoms with E-state index in [2.05, 4.69) is 40.5 Å². The number of benzene rings is 1. The summed E-state index contributed by atoms with van der Waals surface area (Å²) in [5, 5.41) is 3.37. The summed E-state index contributed by atoms with van der Waals surface area (Å²) in [6, 6.07) is 10.9. The number of hydrogen-bond acceptors (Lipinski definition) is 4. The summed E-state index contributed by atoms with van der Waals surface area (Å²) >= 11 is 0. The number of amides is 1. The molecule has 2 fully saturated rings. The van der Waals surface area contributed by atoms with E-state index in [9.17, 15) is 4.79 Å². The fourth-order valence-electron chi connectivity index (χ4n) is 3.69. The molecule has 27 heavy (non-hydrogen) atoms. The van der Waals surface area contributed by atoms with Gasteiger partial charge in [-0.2, -0.15) is 0 Å². The van der Waals surface area contributed by atoms with Crippen LogP contribution in [0.4, 0.5) is 0 Å². The number of aryl methyl sites for hydroxylation is 1.